The smallest absolute Gasteiger partial charge is 0.270 e. The van der Waals surface area contributed by atoms with Gasteiger partial charge in [0.15, 0.2) is 0 Å². The van der Waals surface area contributed by atoms with Crippen LogP contribution in [-0.4, -0.2) is 22.5 Å². The number of nitrogens with one attached hydrogen (secondary N) is 1. The van der Waals surface area contributed by atoms with Crippen LogP contribution < -0.4 is 5.32 Å². The monoisotopic (exact) mass is 396 g/mol. The van der Waals surface area contributed by atoms with E-state index >= 15 is 0 Å². The molecule has 0 fully saturated rings. The lowest BCUT2D eigenvalue weighted by Crippen LogP contribution is -2.41. The molecule has 7 heteroatoms. The predicted octanol–water partition coefficient (Wildman–Crippen LogP) is 4.13. The van der Waals surface area contributed by atoms with Crippen LogP contribution in [0.1, 0.15) is 20.9 Å². The molecular weight excluding hydrogens is 380 g/mol. The Labute approximate surface area is 163 Å². The summed E-state index contributed by atoms with van der Waals surface area (Å²) in [6.07, 6.45) is 2.99. The topological polar surface area (TPSA) is 75.4 Å². The van der Waals surface area contributed by atoms with Gasteiger partial charge in [-0.2, -0.15) is 0 Å². The Morgan fingerprint density at radius 3 is 2.70 bits per heavy atom. The second-order valence-electron chi connectivity index (χ2n) is 5.94. The summed E-state index contributed by atoms with van der Waals surface area (Å²) >= 11 is 2.83. The number of carbonyl (C=O) groups excluding carboxylic acids is 1. The fourth-order valence-electron chi connectivity index (χ4n) is 2.74. The minimum atomic E-state index is -1.35. The van der Waals surface area contributed by atoms with E-state index in [9.17, 15) is 9.90 Å². The van der Waals surface area contributed by atoms with Gasteiger partial charge >= 0.3 is 0 Å². The lowest BCUT2D eigenvalue weighted by molar-refractivity contribution is 0.0712. The Hall–Kier alpha value is -2.74. The molecule has 1 aromatic carbocycles. The molecule has 1 unspecified atom stereocenters. The zero-order valence-electron chi connectivity index (χ0n) is 14.2. The molecule has 0 saturated heterocycles. The zero-order valence-corrected chi connectivity index (χ0v) is 15.8. The van der Waals surface area contributed by atoms with E-state index in [-0.39, 0.29) is 12.5 Å². The van der Waals surface area contributed by atoms with Gasteiger partial charge < -0.3 is 14.8 Å². The maximum Gasteiger partial charge on any atom is 0.270 e. The molecule has 0 bridgehead atoms. The standard InChI is InChI=1S/C20H16N2O3S2/c23-18(16-12-27-19(22-16)14-5-2-1-3-6-14)21-13-20(24,15-8-9-25-11-15)17-7-4-10-26-17/h1-12,24H,13H2,(H,21,23). The molecule has 0 aliphatic rings. The molecule has 0 spiro atoms. The summed E-state index contributed by atoms with van der Waals surface area (Å²) in [6, 6.07) is 15.1. The molecule has 0 aliphatic heterocycles. The molecule has 27 heavy (non-hydrogen) atoms. The maximum atomic E-state index is 12.6. The lowest BCUT2D eigenvalue weighted by atomic mass is 9.94. The molecule has 0 aliphatic carbocycles. The molecule has 1 atom stereocenters. The fraction of sp³-hybridized carbons (Fsp3) is 0.100. The van der Waals surface area contributed by atoms with Gasteiger partial charge in [0.1, 0.15) is 16.3 Å². The summed E-state index contributed by atoms with van der Waals surface area (Å²) < 4.78 is 5.12. The Morgan fingerprint density at radius 1 is 1.15 bits per heavy atom. The van der Waals surface area contributed by atoms with Crippen molar-refractivity contribution in [1.82, 2.24) is 10.3 Å². The number of thiazole rings is 1. The van der Waals surface area contributed by atoms with Crippen LogP contribution in [0.2, 0.25) is 0 Å². The van der Waals surface area contributed by atoms with Crippen LogP contribution in [-0.2, 0) is 5.60 Å². The number of hydrogen-bond donors (Lipinski definition) is 2. The first-order valence-electron chi connectivity index (χ1n) is 8.25. The summed E-state index contributed by atoms with van der Waals surface area (Å²) in [5.74, 6) is -0.327. The zero-order chi connectivity index (χ0) is 18.7. The number of hydrogen-bond acceptors (Lipinski definition) is 6. The molecule has 0 saturated carbocycles. The van der Waals surface area contributed by atoms with E-state index in [2.05, 4.69) is 10.3 Å². The minimum Gasteiger partial charge on any atom is -0.472 e. The number of rotatable bonds is 6. The van der Waals surface area contributed by atoms with E-state index in [1.807, 2.05) is 47.8 Å². The van der Waals surface area contributed by atoms with Gasteiger partial charge in [0.05, 0.1) is 19.1 Å². The highest BCUT2D eigenvalue weighted by molar-refractivity contribution is 7.13. The molecule has 4 aromatic rings. The lowest BCUT2D eigenvalue weighted by Gasteiger charge is -2.26. The summed E-state index contributed by atoms with van der Waals surface area (Å²) in [5, 5.41) is 18.4. The highest BCUT2D eigenvalue weighted by Crippen LogP contribution is 2.32. The van der Waals surface area contributed by atoms with Crippen molar-refractivity contribution in [3.63, 3.8) is 0 Å². The van der Waals surface area contributed by atoms with E-state index in [4.69, 9.17) is 4.42 Å². The number of benzene rings is 1. The van der Waals surface area contributed by atoms with Crippen molar-refractivity contribution in [2.24, 2.45) is 0 Å². The van der Waals surface area contributed by atoms with Crippen LogP contribution >= 0.6 is 22.7 Å². The number of furan rings is 1. The average molecular weight is 396 g/mol. The number of aromatic nitrogens is 1. The first kappa shape index (κ1) is 17.7. The van der Waals surface area contributed by atoms with E-state index in [0.29, 0.717) is 11.3 Å². The number of amides is 1. The second-order valence-corrected chi connectivity index (χ2v) is 7.74. The van der Waals surface area contributed by atoms with Crippen molar-refractivity contribution in [3.8, 4) is 10.6 Å². The Kier molecular flexibility index (Phi) is 4.89. The summed E-state index contributed by atoms with van der Waals surface area (Å²) in [4.78, 5) is 17.7. The van der Waals surface area contributed by atoms with Crippen molar-refractivity contribution in [3.05, 3.63) is 88.0 Å². The van der Waals surface area contributed by atoms with Gasteiger partial charge in [-0.1, -0.05) is 36.4 Å². The van der Waals surface area contributed by atoms with Gasteiger partial charge in [-0.05, 0) is 17.5 Å². The molecular formula is C20H16N2O3S2. The van der Waals surface area contributed by atoms with Crippen molar-refractivity contribution < 1.29 is 14.3 Å². The van der Waals surface area contributed by atoms with Crippen LogP contribution in [0.4, 0.5) is 0 Å². The molecule has 136 valence electrons. The second kappa shape index (κ2) is 7.48. The van der Waals surface area contributed by atoms with Crippen LogP contribution in [0, 0.1) is 0 Å². The fourth-order valence-corrected chi connectivity index (χ4v) is 4.39. The van der Waals surface area contributed by atoms with Gasteiger partial charge in [-0.25, -0.2) is 4.98 Å². The molecule has 1 amide bonds. The first-order chi connectivity index (χ1) is 13.2. The third-order valence-corrected chi connectivity index (χ3v) is 6.10. The summed E-state index contributed by atoms with van der Waals surface area (Å²) in [7, 11) is 0. The predicted molar refractivity (Wildman–Crippen MR) is 106 cm³/mol. The summed E-state index contributed by atoms with van der Waals surface area (Å²) in [5.41, 5.74) is 0.540. The number of nitrogens with zero attached hydrogens (tertiary/aromatic N) is 1. The molecule has 5 nitrogen and oxygen atoms in total. The quantitative estimate of drug-likeness (QED) is 0.514. The molecule has 3 aromatic heterocycles. The molecule has 4 rings (SSSR count). The normalized spacial score (nSPS) is 13.2. The number of thiophene rings is 1. The number of aliphatic hydroxyl groups is 1. The SMILES string of the molecule is O=C(NCC(O)(c1ccoc1)c1cccs1)c1csc(-c2ccccc2)n1. The van der Waals surface area contributed by atoms with Crippen LogP contribution in [0.3, 0.4) is 0 Å². The third kappa shape index (κ3) is 3.57. The van der Waals surface area contributed by atoms with Crippen LogP contribution in [0.5, 0.6) is 0 Å². The molecule has 2 N–H and O–H groups in total. The third-order valence-electron chi connectivity index (χ3n) is 4.19. The van der Waals surface area contributed by atoms with E-state index in [1.54, 1.807) is 11.4 Å². The minimum absolute atomic E-state index is 0.0179. The van der Waals surface area contributed by atoms with E-state index < -0.39 is 5.60 Å². The van der Waals surface area contributed by atoms with Crippen molar-refractivity contribution in [2.45, 2.75) is 5.60 Å². The van der Waals surface area contributed by atoms with Crippen molar-refractivity contribution >= 4 is 28.6 Å². The van der Waals surface area contributed by atoms with Gasteiger partial charge in [-0.3, -0.25) is 4.79 Å². The Morgan fingerprint density at radius 2 is 2.00 bits per heavy atom. The van der Waals surface area contributed by atoms with Crippen LogP contribution in [0.15, 0.2) is 76.2 Å². The summed E-state index contributed by atoms with van der Waals surface area (Å²) in [6.45, 7) is 0.0179. The van der Waals surface area contributed by atoms with Crippen LogP contribution in [0.25, 0.3) is 10.6 Å². The maximum absolute atomic E-state index is 12.6. The average Bonchev–Trinajstić information content (AvgIpc) is 3.48. The Balaban J connectivity index is 1.52. The van der Waals surface area contributed by atoms with Gasteiger partial charge in [0.25, 0.3) is 5.91 Å². The van der Waals surface area contributed by atoms with Gasteiger partial charge in [0, 0.05) is 21.4 Å². The largest absolute Gasteiger partial charge is 0.472 e. The van der Waals surface area contributed by atoms with E-state index in [1.165, 1.54) is 35.2 Å². The molecule has 3 heterocycles. The van der Waals surface area contributed by atoms with Gasteiger partial charge in [-0.15, -0.1) is 22.7 Å². The first-order valence-corrected chi connectivity index (χ1v) is 10.0. The Bertz CT molecular complexity index is 975. The van der Waals surface area contributed by atoms with Crippen molar-refractivity contribution in [1.29, 1.82) is 0 Å². The number of carbonyl (C=O) groups is 1. The van der Waals surface area contributed by atoms with Gasteiger partial charge in [0.2, 0.25) is 0 Å². The highest BCUT2D eigenvalue weighted by Gasteiger charge is 2.34. The highest BCUT2D eigenvalue weighted by atomic mass is 32.1. The van der Waals surface area contributed by atoms with Crippen molar-refractivity contribution in [2.75, 3.05) is 6.54 Å². The van der Waals surface area contributed by atoms with E-state index in [0.717, 1.165) is 15.4 Å². The molecule has 0 radical (unpaired) electrons.